The second-order valence-electron chi connectivity index (χ2n) is 5.06. The Hall–Kier alpha value is -0.220. The molecule has 1 aliphatic rings. The van der Waals surface area contributed by atoms with E-state index in [9.17, 15) is 0 Å². The minimum atomic E-state index is 0. The molecule has 2 N–H and O–H groups in total. The molecular weight excluding hydrogens is 276 g/mol. The molecule has 1 heterocycles. The van der Waals surface area contributed by atoms with Crippen molar-refractivity contribution in [2.24, 2.45) is 11.7 Å². The lowest BCUT2D eigenvalue weighted by Gasteiger charge is -2.31. The molecule has 4 heteroatoms. The van der Waals surface area contributed by atoms with Crippen LogP contribution in [0.1, 0.15) is 18.4 Å². The number of hydrogen-bond acceptors (Lipinski definition) is 3. The van der Waals surface area contributed by atoms with Crippen molar-refractivity contribution in [3.05, 3.63) is 35.9 Å². The molecule has 2 nitrogen and oxygen atoms in total. The molecule has 1 aromatic rings. The molecular formula is C15H25ClN2S. The maximum Gasteiger partial charge on any atom is 0.0185 e. The van der Waals surface area contributed by atoms with Crippen molar-refractivity contribution in [3.63, 3.8) is 0 Å². The first kappa shape index (κ1) is 16.8. The van der Waals surface area contributed by atoms with Crippen LogP contribution in [0.5, 0.6) is 0 Å². The van der Waals surface area contributed by atoms with E-state index in [1.807, 2.05) is 11.8 Å². The molecule has 0 radical (unpaired) electrons. The van der Waals surface area contributed by atoms with Gasteiger partial charge in [0.25, 0.3) is 0 Å². The van der Waals surface area contributed by atoms with Crippen molar-refractivity contribution in [1.82, 2.24) is 4.90 Å². The van der Waals surface area contributed by atoms with Crippen LogP contribution in [0.4, 0.5) is 0 Å². The summed E-state index contributed by atoms with van der Waals surface area (Å²) in [5.74, 6) is 3.15. The Morgan fingerprint density at radius 3 is 2.47 bits per heavy atom. The summed E-state index contributed by atoms with van der Waals surface area (Å²) in [5.41, 5.74) is 7.15. The number of benzene rings is 1. The van der Waals surface area contributed by atoms with Crippen molar-refractivity contribution in [1.29, 1.82) is 0 Å². The molecule has 2 rings (SSSR count). The topological polar surface area (TPSA) is 29.3 Å². The van der Waals surface area contributed by atoms with Gasteiger partial charge in [0.2, 0.25) is 0 Å². The van der Waals surface area contributed by atoms with Gasteiger partial charge in [-0.25, -0.2) is 0 Å². The second kappa shape index (κ2) is 9.65. The first-order valence-corrected chi connectivity index (χ1v) is 8.08. The highest BCUT2D eigenvalue weighted by atomic mass is 35.5. The summed E-state index contributed by atoms with van der Waals surface area (Å²) in [6.07, 6.45) is 2.58. The quantitative estimate of drug-likeness (QED) is 0.819. The van der Waals surface area contributed by atoms with E-state index < -0.39 is 0 Å². The molecule has 0 amide bonds. The van der Waals surface area contributed by atoms with E-state index in [2.05, 4.69) is 35.2 Å². The number of piperidine rings is 1. The number of likely N-dealkylation sites (tertiary alicyclic amines) is 1. The van der Waals surface area contributed by atoms with Gasteiger partial charge in [-0.2, -0.15) is 11.8 Å². The number of rotatable bonds is 6. The zero-order valence-corrected chi connectivity index (χ0v) is 13.1. The van der Waals surface area contributed by atoms with E-state index in [1.165, 1.54) is 43.8 Å². The third kappa shape index (κ3) is 6.17. The summed E-state index contributed by atoms with van der Waals surface area (Å²) in [5, 5.41) is 0. The molecule has 0 aliphatic carbocycles. The van der Waals surface area contributed by atoms with Gasteiger partial charge >= 0.3 is 0 Å². The average molecular weight is 301 g/mol. The second-order valence-corrected chi connectivity index (χ2v) is 6.16. The van der Waals surface area contributed by atoms with E-state index in [0.29, 0.717) is 0 Å². The average Bonchev–Trinajstić information content (AvgIpc) is 2.45. The van der Waals surface area contributed by atoms with Crippen LogP contribution < -0.4 is 5.73 Å². The molecule has 1 saturated heterocycles. The summed E-state index contributed by atoms with van der Waals surface area (Å²) in [6.45, 7) is 4.59. The summed E-state index contributed by atoms with van der Waals surface area (Å²) in [4.78, 5) is 2.59. The molecule has 0 spiro atoms. The van der Waals surface area contributed by atoms with Crippen molar-refractivity contribution in [3.8, 4) is 0 Å². The number of thioether (sulfide) groups is 1. The van der Waals surface area contributed by atoms with E-state index in [-0.39, 0.29) is 12.4 Å². The zero-order chi connectivity index (χ0) is 12.6. The van der Waals surface area contributed by atoms with E-state index in [0.717, 1.165) is 18.2 Å². The predicted molar refractivity (Wildman–Crippen MR) is 88.1 cm³/mol. The Morgan fingerprint density at radius 1 is 1.16 bits per heavy atom. The normalized spacial score (nSPS) is 17.1. The summed E-state index contributed by atoms with van der Waals surface area (Å²) >= 11 is 2.04. The van der Waals surface area contributed by atoms with E-state index in [1.54, 1.807) is 0 Å². The van der Waals surface area contributed by atoms with Gasteiger partial charge in [0, 0.05) is 18.1 Å². The van der Waals surface area contributed by atoms with Gasteiger partial charge in [-0.3, -0.25) is 0 Å². The smallest absolute Gasteiger partial charge is 0.0185 e. The lowest BCUT2D eigenvalue weighted by atomic mass is 9.97. The molecule has 0 bridgehead atoms. The number of nitrogens with two attached hydrogens (primary N) is 1. The maximum atomic E-state index is 5.71. The first-order valence-electron chi connectivity index (χ1n) is 6.92. The van der Waals surface area contributed by atoms with Crippen LogP contribution in [0.15, 0.2) is 30.3 Å². The number of nitrogens with zero attached hydrogens (tertiary/aromatic N) is 1. The largest absolute Gasteiger partial charge is 0.330 e. The van der Waals surface area contributed by atoms with Crippen LogP contribution in [0, 0.1) is 5.92 Å². The van der Waals surface area contributed by atoms with Gasteiger partial charge in [-0.1, -0.05) is 30.3 Å². The molecule has 108 valence electrons. The first-order chi connectivity index (χ1) is 8.88. The van der Waals surface area contributed by atoms with Gasteiger partial charge in [0.05, 0.1) is 0 Å². The van der Waals surface area contributed by atoms with Crippen LogP contribution in [-0.4, -0.2) is 36.8 Å². The highest BCUT2D eigenvalue weighted by Crippen LogP contribution is 2.17. The molecule has 0 saturated carbocycles. The fraction of sp³-hybridized carbons (Fsp3) is 0.600. The number of halogens is 1. The van der Waals surface area contributed by atoms with Crippen LogP contribution in [-0.2, 0) is 5.75 Å². The molecule has 1 aliphatic heterocycles. The van der Waals surface area contributed by atoms with E-state index in [4.69, 9.17) is 5.73 Å². The lowest BCUT2D eigenvalue weighted by molar-refractivity contribution is 0.197. The van der Waals surface area contributed by atoms with Crippen LogP contribution in [0.25, 0.3) is 0 Å². The standard InChI is InChI=1S/C15H24N2S.ClH/c16-12-14-6-8-17(9-7-14)10-11-18-13-15-4-2-1-3-5-15;/h1-5,14H,6-13,16H2;1H. The minimum absolute atomic E-state index is 0. The Labute approximate surface area is 127 Å². The third-order valence-corrected chi connectivity index (χ3v) is 4.71. The maximum absolute atomic E-state index is 5.71. The highest BCUT2D eigenvalue weighted by Gasteiger charge is 2.17. The molecule has 0 unspecified atom stereocenters. The minimum Gasteiger partial charge on any atom is -0.330 e. The SMILES string of the molecule is Cl.NCC1CCN(CCSCc2ccccc2)CC1. The van der Waals surface area contributed by atoms with Gasteiger partial charge in [-0.05, 0) is 44.0 Å². The molecule has 1 fully saturated rings. The van der Waals surface area contributed by atoms with Crippen LogP contribution in [0.3, 0.4) is 0 Å². The van der Waals surface area contributed by atoms with Crippen LogP contribution >= 0.6 is 24.2 Å². The Bertz CT molecular complexity index is 326. The Morgan fingerprint density at radius 2 is 1.84 bits per heavy atom. The van der Waals surface area contributed by atoms with Crippen molar-refractivity contribution >= 4 is 24.2 Å². The summed E-state index contributed by atoms with van der Waals surface area (Å²) in [7, 11) is 0. The monoisotopic (exact) mass is 300 g/mol. The molecule has 0 atom stereocenters. The Balaban J connectivity index is 0.00000180. The molecule has 19 heavy (non-hydrogen) atoms. The highest BCUT2D eigenvalue weighted by molar-refractivity contribution is 7.98. The van der Waals surface area contributed by atoms with Crippen LogP contribution in [0.2, 0.25) is 0 Å². The zero-order valence-electron chi connectivity index (χ0n) is 11.5. The third-order valence-electron chi connectivity index (χ3n) is 3.70. The predicted octanol–water partition coefficient (Wildman–Crippen LogP) is 3.01. The van der Waals surface area contributed by atoms with Gasteiger partial charge < -0.3 is 10.6 Å². The van der Waals surface area contributed by atoms with Crippen molar-refractivity contribution in [2.45, 2.75) is 18.6 Å². The molecule has 0 aromatic heterocycles. The van der Waals surface area contributed by atoms with Gasteiger partial charge in [0.1, 0.15) is 0 Å². The lowest BCUT2D eigenvalue weighted by Crippen LogP contribution is -2.37. The number of hydrogen-bond donors (Lipinski definition) is 1. The Kier molecular flexibility index (Phi) is 8.55. The fourth-order valence-corrected chi connectivity index (χ4v) is 3.36. The van der Waals surface area contributed by atoms with Gasteiger partial charge in [0.15, 0.2) is 0 Å². The van der Waals surface area contributed by atoms with Gasteiger partial charge in [-0.15, -0.1) is 12.4 Å². The summed E-state index contributed by atoms with van der Waals surface area (Å²) < 4.78 is 0. The van der Waals surface area contributed by atoms with Crippen molar-refractivity contribution < 1.29 is 0 Å². The fourth-order valence-electron chi connectivity index (χ4n) is 2.40. The van der Waals surface area contributed by atoms with E-state index >= 15 is 0 Å². The summed E-state index contributed by atoms with van der Waals surface area (Å²) in [6, 6.07) is 10.7. The molecule has 1 aromatic carbocycles. The van der Waals surface area contributed by atoms with Crippen molar-refractivity contribution in [2.75, 3.05) is 31.9 Å².